The summed E-state index contributed by atoms with van der Waals surface area (Å²) in [6.07, 6.45) is 3.28. The zero-order valence-electron chi connectivity index (χ0n) is 12.5. The van der Waals surface area contributed by atoms with E-state index in [0.29, 0.717) is 11.7 Å². The Labute approximate surface area is 130 Å². The first-order chi connectivity index (χ1) is 9.91. The lowest BCUT2D eigenvalue weighted by molar-refractivity contribution is -0.121. The number of amidine groups is 1. The molecule has 2 aliphatic heterocycles. The van der Waals surface area contributed by atoms with Gasteiger partial charge in [-0.05, 0) is 12.8 Å². The average molecular weight is 330 g/mol. The van der Waals surface area contributed by atoms with Crippen molar-refractivity contribution in [3.05, 3.63) is 12.7 Å². The molecule has 2 fully saturated rings. The van der Waals surface area contributed by atoms with Crippen molar-refractivity contribution >= 4 is 32.7 Å². The topological polar surface area (TPSA) is 66.8 Å². The van der Waals surface area contributed by atoms with E-state index in [9.17, 15) is 13.2 Å². The van der Waals surface area contributed by atoms with Crippen LogP contribution in [0.15, 0.2) is 17.6 Å². The minimum atomic E-state index is -2.97. The Morgan fingerprint density at radius 3 is 2.71 bits per heavy atom. The second-order valence-electron chi connectivity index (χ2n) is 5.49. The van der Waals surface area contributed by atoms with Crippen molar-refractivity contribution in [2.75, 3.05) is 18.1 Å². The number of amides is 1. The lowest BCUT2D eigenvalue weighted by atomic mass is 10.0. The molecule has 2 rings (SSSR count). The monoisotopic (exact) mass is 330 g/mol. The molecule has 0 spiro atoms. The predicted molar refractivity (Wildman–Crippen MR) is 87.2 cm³/mol. The Morgan fingerprint density at radius 1 is 1.48 bits per heavy atom. The Kier molecular flexibility index (Phi) is 5.14. The van der Waals surface area contributed by atoms with Gasteiger partial charge in [0.2, 0.25) is 0 Å². The standard InChI is InChI=1S/C14H22N2O3S2/c1-4-7-16-11-8-21(18,19)9-12(11)20-14(16)15-13(17)10(5-2)6-3/h4,10-12H,1,5-9H2,2-3H3/t11-,12+/m1/s1. The number of carbonyl (C=O) groups excluding carboxylic acids is 1. The van der Waals surface area contributed by atoms with Gasteiger partial charge in [-0.3, -0.25) is 4.79 Å². The molecule has 0 aromatic carbocycles. The van der Waals surface area contributed by atoms with Gasteiger partial charge in [0.15, 0.2) is 15.0 Å². The molecule has 0 radical (unpaired) electrons. The lowest BCUT2D eigenvalue weighted by Crippen LogP contribution is -2.37. The second kappa shape index (κ2) is 6.52. The van der Waals surface area contributed by atoms with Crippen LogP contribution in [-0.4, -0.2) is 53.7 Å². The van der Waals surface area contributed by atoms with Gasteiger partial charge < -0.3 is 4.90 Å². The van der Waals surface area contributed by atoms with E-state index in [1.165, 1.54) is 11.8 Å². The van der Waals surface area contributed by atoms with Crippen LogP contribution in [0, 0.1) is 5.92 Å². The maximum atomic E-state index is 12.2. The van der Waals surface area contributed by atoms with E-state index in [1.54, 1.807) is 6.08 Å². The molecule has 118 valence electrons. The van der Waals surface area contributed by atoms with Crippen molar-refractivity contribution < 1.29 is 13.2 Å². The van der Waals surface area contributed by atoms with E-state index >= 15 is 0 Å². The van der Waals surface area contributed by atoms with Crippen LogP contribution in [0.1, 0.15) is 26.7 Å². The molecule has 0 N–H and O–H groups in total. The zero-order chi connectivity index (χ0) is 15.6. The summed E-state index contributed by atoms with van der Waals surface area (Å²) in [7, 11) is -2.97. The molecule has 5 nitrogen and oxygen atoms in total. The minimum absolute atomic E-state index is 0.0109. The maximum Gasteiger partial charge on any atom is 0.251 e. The van der Waals surface area contributed by atoms with E-state index in [-0.39, 0.29) is 34.6 Å². The SMILES string of the molecule is C=CCN1C(=NC(=O)C(CC)CC)S[C@H]2CS(=O)(=O)C[C@H]21. The predicted octanol–water partition coefficient (Wildman–Crippen LogP) is 1.71. The van der Waals surface area contributed by atoms with Gasteiger partial charge in [0.1, 0.15) is 0 Å². The van der Waals surface area contributed by atoms with E-state index in [2.05, 4.69) is 11.6 Å². The highest BCUT2D eigenvalue weighted by Gasteiger charge is 2.48. The fourth-order valence-corrected chi connectivity index (χ4v) is 6.78. The third-order valence-electron chi connectivity index (χ3n) is 4.04. The van der Waals surface area contributed by atoms with Crippen LogP contribution in [0.5, 0.6) is 0 Å². The first kappa shape index (κ1) is 16.5. The number of aliphatic imine (C=N–C) groups is 1. The van der Waals surface area contributed by atoms with E-state index in [1.807, 2.05) is 18.7 Å². The fourth-order valence-electron chi connectivity index (χ4n) is 2.81. The highest BCUT2D eigenvalue weighted by Crippen LogP contribution is 2.38. The number of hydrogen-bond donors (Lipinski definition) is 0. The quantitative estimate of drug-likeness (QED) is 0.718. The van der Waals surface area contributed by atoms with Crippen molar-refractivity contribution in [2.45, 2.75) is 38.0 Å². The summed E-state index contributed by atoms with van der Waals surface area (Å²) in [6, 6.07) is -0.0775. The Hall–Kier alpha value is -0.820. The third-order valence-corrected chi connectivity index (χ3v) is 7.29. The minimum Gasteiger partial charge on any atom is -0.342 e. The van der Waals surface area contributed by atoms with E-state index in [0.717, 1.165) is 12.8 Å². The number of carbonyl (C=O) groups is 1. The molecule has 2 saturated heterocycles. The van der Waals surface area contributed by atoms with Crippen LogP contribution in [0.4, 0.5) is 0 Å². The summed E-state index contributed by atoms with van der Waals surface area (Å²) in [5.41, 5.74) is 0. The van der Waals surface area contributed by atoms with Gasteiger partial charge in [-0.15, -0.1) is 6.58 Å². The molecule has 2 atom stereocenters. The number of nitrogens with zero attached hydrogens (tertiary/aromatic N) is 2. The van der Waals surface area contributed by atoms with Crippen LogP contribution >= 0.6 is 11.8 Å². The summed E-state index contributed by atoms with van der Waals surface area (Å²) in [6.45, 7) is 8.21. The lowest BCUT2D eigenvalue weighted by Gasteiger charge is -2.22. The van der Waals surface area contributed by atoms with Crippen molar-refractivity contribution in [1.29, 1.82) is 0 Å². The van der Waals surface area contributed by atoms with Gasteiger partial charge in [-0.1, -0.05) is 31.7 Å². The molecule has 2 aliphatic rings. The Morgan fingerprint density at radius 2 is 2.14 bits per heavy atom. The Balaban J connectivity index is 2.21. The molecule has 0 bridgehead atoms. The molecular weight excluding hydrogens is 308 g/mol. The second-order valence-corrected chi connectivity index (χ2v) is 8.85. The van der Waals surface area contributed by atoms with E-state index in [4.69, 9.17) is 0 Å². The van der Waals surface area contributed by atoms with Gasteiger partial charge in [0.25, 0.3) is 5.91 Å². The van der Waals surface area contributed by atoms with Crippen molar-refractivity contribution in [3.8, 4) is 0 Å². The van der Waals surface area contributed by atoms with Gasteiger partial charge in [0, 0.05) is 17.7 Å². The van der Waals surface area contributed by atoms with Gasteiger partial charge in [-0.25, -0.2) is 8.42 Å². The number of fused-ring (bicyclic) bond motifs is 1. The summed E-state index contributed by atoms with van der Waals surface area (Å²) in [5, 5.41) is 0.653. The highest BCUT2D eigenvalue weighted by molar-refractivity contribution is 8.15. The van der Waals surface area contributed by atoms with Crippen LogP contribution in [0.25, 0.3) is 0 Å². The number of hydrogen-bond acceptors (Lipinski definition) is 4. The van der Waals surface area contributed by atoms with Crippen LogP contribution in [0.3, 0.4) is 0 Å². The maximum absolute atomic E-state index is 12.2. The van der Waals surface area contributed by atoms with Crippen LogP contribution in [-0.2, 0) is 14.6 Å². The summed E-state index contributed by atoms with van der Waals surface area (Å²) < 4.78 is 23.5. The van der Waals surface area contributed by atoms with Crippen LogP contribution in [0.2, 0.25) is 0 Å². The third kappa shape index (κ3) is 3.51. The smallest absolute Gasteiger partial charge is 0.251 e. The van der Waals surface area contributed by atoms with Gasteiger partial charge in [0.05, 0.1) is 17.5 Å². The van der Waals surface area contributed by atoms with Gasteiger partial charge >= 0.3 is 0 Å². The highest BCUT2D eigenvalue weighted by atomic mass is 32.2. The molecule has 0 saturated carbocycles. The molecule has 21 heavy (non-hydrogen) atoms. The first-order valence-electron chi connectivity index (χ1n) is 7.29. The Bertz CT molecular complexity index is 553. The molecule has 0 unspecified atom stereocenters. The molecule has 1 amide bonds. The van der Waals surface area contributed by atoms with E-state index < -0.39 is 9.84 Å². The largest absolute Gasteiger partial charge is 0.342 e. The molecule has 7 heteroatoms. The molecule has 0 aliphatic carbocycles. The molecule has 2 heterocycles. The van der Waals surface area contributed by atoms with Crippen molar-refractivity contribution in [3.63, 3.8) is 0 Å². The van der Waals surface area contributed by atoms with Crippen LogP contribution < -0.4 is 0 Å². The van der Waals surface area contributed by atoms with Gasteiger partial charge in [-0.2, -0.15) is 4.99 Å². The number of rotatable bonds is 5. The summed E-state index contributed by atoms with van der Waals surface area (Å²) in [5.74, 6) is 0.178. The zero-order valence-corrected chi connectivity index (χ0v) is 14.1. The number of thioether (sulfide) groups is 1. The molecular formula is C14H22N2O3S2. The average Bonchev–Trinajstić information content (AvgIpc) is 2.85. The summed E-state index contributed by atoms with van der Waals surface area (Å²) >= 11 is 1.43. The molecule has 0 aromatic heterocycles. The molecule has 0 aromatic rings. The normalized spacial score (nSPS) is 29.1. The fraction of sp³-hybridized carbons (Fsp3) is 0.714. The number of sulfone groups is 1. The first-order valence-corrected chi connectivity index (χ1v) is 9.99. The van der Waals surface area contributed by atoms with Crippen molar-refractivity contribution in [2.24, 2.45) is 10.9 Å². The van der Waals surface area contributed by atoms with Crippen molar-refractivity contribution in [1.82, 2.24) is 4.90 Å². The summed E-state index contributed by atoms with van der Waals surface area (Å²) in [4.78, 5) is 18.4.